The molecular weight excluding hydrogens is 435 g/mol. The molecule has 6 heteroatoms. The van der Waals surface area contributed by atoms with Crippen molar-refractivity contribution in [2.75, 3.05) is 19.8 Å². The number of ether oxygens (including phenoxy) is 4. The molecule has 0 radical (unpaired) electrons. The summed E-state index contributed by atoms with van der Waals surface area (Å²) < 4.78 is 37.1. The van der Waals surface area contributed by atoms with Gasteiger partial charge < -0.3 is 18.9 Å². The van der Waals surface area contributed by atoms with Crippen LogP contribution >= 0.6 is 0 Å². The number of aryl methyl sites for hydroxylation is 1. The van der Waals surface area contributed by atoms with Gasteiger partial charge in [0.05, 0.1) is 18.8 Å². The van der Waals surface area contributed by atoms with Crippen molar-refractivity contribution < 1.29 is 28.1 Å². The number of hydrogen-bond acceptors (Lipinski definition) is 5. The third-order valence-corrected chi connectivity index (χ3v) is 6.94. The van der Waals surface area contributed by atoms with Gasteiger partial charge in [-0.15, -0.1) is 0 Å². The van der Waals surface area contributed by atoms with Crippen LogP contribution in [0.4, 0.5) is 4.39 Å². The molecular formula is C28H35FO5. The van der Waals surface area contributed by atoms with Gasteiger partial charge in [0.15, 0.2) is 0 Å². The third kappa shape index (κ3) is 5.78. The monoisotopic (exact) mass is 470 g/mol. The first-order valence-corrected chi connectivity index (χ1v) is 12.1. The molecule has 0 aromatic heterocycles. The first kappa shape index (κ1) is 24.7. The van der Waals surface area contributed by atoms with Crippen molar-refractivity contribution in [1.29, 1.82) is 0 Å². The molecule has 2 heterocycles. The summed E-state index contributed by atoms with van der Waals surface area (Å²) in [6.07, 6.45) is 4.74. The second-order valence-corrected chi connectivity index (χ2v) is 10.7. The summed E-state index contributed by atoms with van der Waals surface area (Å²) in [4.78, 5) is 11.8. The zero-order chi connectivity index (χ0) is 24.4. The van der Waals surface area contributed by atoms with Crippen molar-refractivity contribution in [1.82, 2.24) is 0 Å². The van der Waals surface area contributed by atoms with Gasteiger partial charge in [0, 0.05) is 11.5 Å². The first-order valence-electron chi connectivity index (χ1n) is 12.1. The summed E-state index contributed by atoms with van der Waals surface area (Å²) in [5.74, 6) is 0.582. The molecule has 34 heavy (non-hydrogen) atoms. The van der Waals surface area contributed by atoms with Gasteiger partial charge in [0.2, 0.25) is 0 Å². The number of carbonyl (C=O) groups is 1. The molecule has 5 nitrogen and oxygen atoms in total. The second kappa shape index (κ2) is 9.67. The Balaban J connectivity index is 1.32. The minimum Gasteiger partial charge on any atom is -0.458 e. The van der Waals surface area contributed by atoms with Crippen LogP contribution in [0.1, 0.15) is 64.0 Å². The van der Waals surface area contributed by atoms with Crippen LogP contribution in [0.3, 0.4) is 0 Å². The molecule has 0 amide bonds. The smallest absolute Gasteiger partial charge is 0.332 e. The van der Waals surface area contributed by atoms with Gasteiger partial charge in [0.1, 0.15) is 29.5 Å². The van der Waals surface area contributed by atoms with E-state index < -0.39 is 5.60 Å². The summed E-state index contributed by atoms with van der Waals surface area (Å²) in [5, 5.41) is 0. The molecule has 2 aromatic carbocycles. The van der Waals surface area contributed by atoms with Crippen LogP contribution in [0, 0.1) is 12.7 Å². The van der Waals surface area contributed by atoms with Gasteiger partial charge in [-0.05, 0) is 89.1 Å². The second-order valence-electron chi connectivity index (χ2n) is 10.7. The van der Waals surface area contributed by atoms with Crippen molar-refractivity contribution in [3.63, 3.8) is 0 Å². The minimum atomic E-state index is -0.503. The van der Waals surface area contributed by atoms with Gasteiger partial charge in [0.25, 0.3) is 0 Å². The minimum absolute atomic E-state index is 0.0307. The average molecular weight is 471 g/mol. The summed E-state index contributed by atoms with van der Waals surface area (Å²) in [6, 6.07) is 13.0. The highest BCUT2D eigenvalue weighted by molar-refractivity contribution is 5.71. The van der Waals surface area contributed by atoms with Crippen molar-refractivity contribution in [2.45, 2.75) is 76.4 Å². The van der Waals surface area contributed by atoms with Crippen LogP contribution in [0.15, 0.2) is 42.5 Å². The molecule has 0 spiro atoms. The molecule has 0 unspecified atom stereocenters. The summed E-state index contributed by atoms with van der Waals surface area (Å²) in [6.45, 7) is 8.37. The lowest BCUT2D eigenvalue weighted by atomic mass is 9.62. The fourth-order valence-electron chi connectivity index (χ4n) is 4.91. The SMILES string of the molecule is Cc1ccc(Oc2cccc(C34CCC(CCOCC(=O)OC(C)(C)C)(CC3)OC4)c2)cc1F. The number of esters is 1. The van der Waals surface area contributed by atoms with Gasteiger partial charge in [-0.3, -0.25) is 0 Å². The van der Waals surface area contributed by atoms with E-state index in [9.17, 15) is 9.18 Å². The van der Waals surface area contributed by atoms with Gasteiger partial charge in [-0.25, -0.2) is 9.18 Å². The van der Waals surface area contributed by atoms with Crippen molar-refractivity contribution in [2.24, 2.45) is 0 Å². The van der Waals surface area contributed by atoms with Crippen LogP contribution in [-0.2, 0) is 24.4 Å². The Morgan fingerprint density at radius 2 is 1.79 bits per heavy atom. The van der Waals surface area contributed by atoms with Gasteiger partial charge >= 0.3 is 5.97 Å². The first-order chi connectivity index (χ1) is 16.1. The van der Waals surface area contributed by atoms with E-state index in [1.807, 2.05) is 32.9 Å². The third-order valence-electron chi connectivity index (χ3n) is 6.94. The summed E-state index contributed by atoms with van der Waals surface area (Å²) >= 11 is 0. The molecule has 0 N–H and O–H groups in total. The number of benzene rings is 2. The largest absolute Gasteiger partial charge is 0.458 e. The van der Waals surface area contributed by atoms with Crippen LogP contribution < -0.4 is 4.74 Å². The Morgan fingerprint density at radius 3 is 2.44 bits per heavy atom. The molecule has 5 rings (SSSR count). The van der Waals surface area contributed by atoms with E-state index in [0.717, 1.165) is 32.1 Å². The lowest BCUT2D eigenvalue weighted by Gasteiger charge is -2.53. The number of fused-ring (bicyclic) bond motifs is 3. The maximum atomic E-state index is 13.9. The predicted molar refractivity (Wildman–Crippen MR) is 128 cm³/mol. The van der Waals surface area contributed by atoms with Crippen LogP contribution in [0.25, 0.3) is 0 Å². The van der Waals surface area contributed by atoms with E-state index >= 15 is 0 Å². The Hall–Kier alpha value is -2.44. The Bertz CT molecular complexity index is 1000. The summed E-state index contributed by atoms with van der Waals surface area (Å²) in [5.41, 5.74) is 1.09. The van der Waals surface area contributed by atoms with E-state index in [-0.39, 0.29) is 29.4 Å². The van der Waals surface area contributed by atoms with Gasteiger partial charge in [-0.2, -0.15) is 0 Å². The van der Waals surface area contributed by atoms with E-state index in [2.05, 4.69) is 12.1 Å². The Labute approximate surface area is 201 Å². The van der Waals surface area contributed by atoms with Crippen molar-refractivity contribution >= 4 is 5.97 Å². The van der Waals surface area contributed by atoms with Crippen molar-refractivity contribution in [3.05, 3.63) is 59.4 Å². The van der Waals surface area contributed by atoms with Crippen LogP contribution in [0.5, 0.6) is 11.5 Å². The highest BCUT2D eigenvalue weighted by Crippen LogP contribution is 2.52. The Morgan fingerprint density at radius 1 is 1.06 bits per heavy atom. The van der Waals surface area contributed by atoms with E-state index in [4.69, 9.17) is 18.9 Å². The Kier molecular flexibility index (Phi) is 7.02. The maximum Gasteiger partial charge on any atom is 0.332 e. The fourth-order valence-corrected chi connectivity index (χ4v) is 4.91. The number of carbonyl (C=O) groups excluding carboxylic acids is 1. The molecule has 1 saturated carbocycles. The summed E-state index contributed by atoms with van der Waals surface area (Å²) in [7, 11) is 0. The molecule has 0 atom stereocenters. The molecule has 2 aromatic rings. The topological polar surface area (TPSA) is 54.0 Å². The standard InChI is InChI=1S/C28H35FO5/c1-20-8-9-23(17-24(20)29)33-22-7-5-6-21(16-22)27-10-12-28(13-11-27,32-19-27)14-15-31-18-25(30)34-26(2,3)4/h5-9,16-17H,10-15,18-19H2,1-4H3. The molecule has 184 valence electrons. The number of rotatable bonds is 8. The van der Waals surface area contributed by atoms with Crippen molar-refractivity contribution in [3.8, 4) is 11.5 Å². The zero-order valence-corrected chi connectivity index (χ0v) is 20.6. The van der Waals surface area contributed by atoms with Crippen LogP contribution in [-0.4, -0.2) is 37.0 Å². The molecule has 3 fully saturated rings. The number of hydrogen-bond donors (Lipinski definition) is 0. The van der Waals surface area contributed by atoms with E-state index in [0.29, 0.717) is 30.3 Å². The molecule has 2 aliphatic heterocycles. The number of halogens is 1. The van der Waals surface area contributed by atoms with Crippen LogP contribution in [0.2, 0.25) is 0 Å². The van der Waals surface area contributed by atoms with E-state index in [1.165, 1.54) is 11.6 Å². The lowest BCUT2D eigenvalue weighted by molar-refractivity contribution is -0.172. The molecule has 1 aliphatic carbocycles. The maximum absolute atomic E-state index is 13.9. The molecule has 2 saturated heterocycles. The molecule has 3 aliphatic rings. The van der Waals surface area contributed by atoms with Gasteiger partial charge in [-0.1, -0.05) is 18.2 Å². The normalized spacial score (nSPS) is 24.1. The fraction of sp³-hybridized carbons (Fsp3) is 0.536. The quantitative estimate of drug-likeness (QED) is 0.337. The predicted octanol–water partition coefficient (Wildman–Crippen LogP) is 6.26. The van der Waals surface area contributed by atoms with E-state index in [1.54, 1.807) is 19.1 Å². The average Bonchev–Trinajstić information content (AvgIpc) is 2.80. The lowest BCUT2D eigenvalue weighted by Crippen LogP contribution is -2.53. The highest BCUT2D eigenvalue weighted by Gasteiger charge is 2.50. The highest BCUT2D eigenvalue weighted by atomic mass is 19.1. The zero-order valence-electron chi connectivity index (χ0n) is 20.6. The molecule has 2 bridgehead atoms.